The molecule has 0 radical (unpaired) electrons. The van der Waals surface area contributed by atoms with Crippen LogP contribution in [0.15, 0.2) is 16.9 Å². The summed E-state index contributed by atoms with van der Waals surface area (Å²) in [5.41, 5.74) is 0. The van der Waals surface area contributed by atoms with Crippen LogP contribution in [0.25, 0.3) is 0 Å². The molecule has 0 amide bonds. The molecule has 1 rings (SSSR count). The zero-order valence-corrected chi connectivity index (χ0v) is 11.0. The average Bonchev–Trinajstić information content (AvgIpc) is 2.46. The van der Waals surface area contributed by atoms with Crippen molar-refractivity contribution in [1.29, 1.82) is 0 Å². The van der Waals surface area contributed by atoms with Crippen molar-refractivity contribution in [2.45, 2.75) is 20.4 Å². The van der Waals surface area contributed by atoms with Crippen LogP contribution in [-0.4, -0.2) is 15.1 Å². The normalized spacial score (nSPS) is 13.6. The highest BCUT2D eigenvalue weighted by Crippen LogP contribution is 2.16. The number of rotatable bonds is 4. The highest BCUT2D eigenvalue weighted by Gasteiger charge is 2.12. The maximum absolute atomic E-state index is 4.23. The van der Waals surface area contributed by atoms with Crippen LogP contribution in [0.3, 0.4) is 0 Å². The van der Waals surface area contributed by atoms with Crippen molar-refractivity contribution < 1.29 is 0 Å². The third-order valence-corrected chi connectivity index (χ3v) is 3.41. The van der Waals surface area contributed by atoms with E-state index in [1.165, 1.54) is 0 Å². The number of hydrogen-bond donors (Lipinski definition) is 0. The summed E-state index contributed by atoms with van der Waals surface area (Å²) in [5.74, 6) is 1.33. The maximum atomic E-state index is 4.23. The summed E-state index contributed by atoms with van der Waals surface area (Å²) in [6.45, 7) is 5.46. The molecule has 0 saturated carbocycles. The first-order valence-corrected chi connectivity index (χ1v) is 6.29. The van der Waals surface area contributed by atoms with Crippen LogP contribution in [0.4, 0.5) is 0 Å². The number of halogens is 2. The lowest BCUT2D eigenvalue weighted by Gasteiger charge is -2.17. The Kier molecular flexibility index (Phi) is 4.46. The molecule has 0 aromatic carbocycles. The molecular weight excluding hydrogens is 296 g/mol. The number of hydrogen-bond acceptors (Lipinski definition) is 1. The lowest BCUT2D eigenvalue weighted by molar-refractivity contribution is 0.357. The molecule has 2 nitrogen and oxygen atoms in total. The molecule has 13 heavy (non-hydrogen) atoms. The topological polar surface area (TPSA) is 17.8 Å². The van der Waals surface area contributed by atoms with E-state index >= 15 is 0 Å². The summed E-state index contributed by atoms with van der Waals surface area (Å²) < 4.78 is 3.03. The molecule has 0 fully saturated rings. The Morgan fingerprint density at radius 3 is 2.62 bits per heavy atom. The Balaban J connectivity index is 2.56. The van der Waals surface area contributed by atoms with E-state index in [1.807, 2.05) is 17.1 Å². The lowest BCUT2D eigenvalue weighted by Crippen LogP contribution is -2.18. The molecule has 0 bridgehead atoms. The number of aromatic nitrogens is 2. The van der Waals surface area contributed by atoms with Gasteiger partial charge in [-0.05, 0) is 27.8 Å². The molecule has 0 spiro atoms. The average molecular weight is 310 g/mol. The summed E-state index contributed by atoms with van der Waals surface area (Å²) in [4.78, 5) is 0. The monoisotopic (exact) mass is 308 g/mol. The lowest BCUT2D eigenvalue weighted by atomic mass is 9.98. The fourth-order valence-electron chi connectivity index (χ4n) is 1.12. The molecular formula is C9H14Br2N2. The smallest absolute Gasteiger partial charge is 0.0632 e. The van der Waals surface area contributed by atoms with Gasteiger partial charge in [0.05, 0.1) is 10.7 Å². The largest absolute Gasteiger partial charge is 0.271 e. The van der Waals surface area contributed by atoms with Crippen molar-refractivity contribution in [3.05, 3.63) is 16.9 Å². The Labute approximate surface area is 96.0 Å². The van der Waals surface area contributed by atoms with Crippen LogP contribution in [0.2, 0.25) is 0 Å². The standard InChI is InChI=1S/C9H14Br2N2/c1-7(2)8(3-10)5-13-6-9(11)4-12-13/h4,6-8H,3,5H2,1-2H3. The SMILES string of the molecule is CC(C)C(CBr)Cn1cc(Br)cn1. The van der Waals surface area contributed by atoms with Crippen LogP contribution >= 0.6 is 31.9 Å². The van der Waals surface area contributed by atoms with Gasteiger partial charge in [-0.1, -0.05) is 29.8 Å². The summed E-state index contributed by atoms with van der Waals surface area (Å²) >= 11 is 6.91. The first-order chi connectivity index (χ1) is 6.13. The second kappa shape index (κ2) is 5.15. The van der Waals surface area contributed by atoms with E-state index in [0.717, 1.165) is 16.3 Å². The van der Waals surface area contributed by atoms with Crippen molar-refractivity contribution in [2.75, 3.05) is 5.33 Å². The molecule has 1 aromatic rings. The number of nitrogens with zero attached hydrogens (tertiary/aromatic N) is 2. The summed E-state index contributed by atoms with van der Waals surface area (Å²) in [6, 6.07) is 0. The highest BCUT2D eigenvalue weighted by molar-refractivity contribution is 9.10. The van der Waals surface area contributed by atoms with E-state index in [-0.39, 0.29) is 0 Å². The highest BCUT2D eigenvalue weighted by atomic mass is 79.9. The fraction of sp³-hybridized carbons (Fsp3) is 0.667. The van der Waals surface area contributed by atoms with Gasteiger partial charge in [-0.15, -0.1) is 0 Å². The predicted octanol–water partition coefficient (Wildman–Crippen LogP) is 3.31. The molecule has 0 aliphatic heterocycles. The summed E-state index contributed by atoms with van der Waals surface area (Å²) in [5, 5.41) is 5.26. The molecule has 74 valence electrons. The zero-order chi connectivity index (χ0) is 9.84. The van der Waals surface area contributed by atoms with E-state index in [4.69, 9.17) is 0 Å². The third-order valence-electron chi connectivity index (χ3n) is 2.16. The molecule has 1 unspecified atom stereocenters. The van der Waals surface area contributed by atoms with Gasteiger partial charge in [0.25, 0.3) is 0 Å². The van der Waals surface area contributed by atoms with Crippen molar-refractivity contribution in [3.8, 4) is 0 Å². The maximum Gasteiger partial charge on any atom is 0.0632 e. The number of alkyl halides is 1. The second-order valence-corrected chi connectivity index (χ2v) is 5.10. The minimum atomic E-state index is 0.645. The van der Waals surface area contributed by atoms with Gasteiger partial charge in [-0.2, -0.15) is 5.10 Å². The molecule has 1 aromatic heterocycles. The molecule has 4 heteroatoms. The van der Waals surface area contributed by atoms with Crippen LogP contribution in [-0.2, 0) is 6.54 Å². The van der Waals surface area contributed by atoms with Gasteiger partial charge in [0.2, 0.25) is 0 Å². The second-order valence-electron chi connectivity index (χ2n) is 3.54. The molecule has 1 heterocycles. The van der Waals surface area contributed by atoms with Crippen molar-refractivity contribution in [2.24, 2.45) is 11.8 Å². The fourth-order valence-corrected chi connectivity index (χ4v) is 2.40. The Morgan fingerprint density at radius 2 is 2.23 bits per heavy atom. The van der Waals surface area contributed by atoms with Gasteiger partial charge in [0.15, 0.2) is 0 Å². The minimum absolute atomic E-state index is 0.645. The Bertz CT molecular complexity index is 258. The van der Waals surface area contributed by atoms with Crippen molar-refractivity contribution in [1.82, 2.24) is 9.78 Å². The molecule has 0 aliphatic carbocycles. The zero-order valence-electron chi connectivity index (χ0n) is 7.87. The minimum Gasteiger partial charge on any atom is -0.271 e. The van der Waals surface area contributed by atoms with Gasteiger partial charge in [0, 0.05) is 18.1 Å². The van der Waals surface area contributed by atoms with Gasteiger partial charge in [0.1, 0.15) is 0 Å². The van der Waals surface area contributed by atoms with Gasteiger partial charge in [-0.3, -0.25) is 4.68 Å². The summed E-state index contributed by atoms with van der Waals surface area (Å²) in [7, 11) is 0. The van der Waals surface area contributed by atoms with E-state index < -0.39 is 0 Å². The van der Waals surface area contributed by atoms with Crippen molar-refractivity contribution >= 4 is 31.9 Å². The first-order valence-electron chi connectivity index (χ1n) is 4.37. The van der Waals surface area contributed by atoms with Gasteiger partial charge < -0.3 is 0 Å². The van der Waals surface area contributed by atoms with E-state index in [1.54, 1.807) is 0 Å². The Morgan fingerprint density at radius 1 is 1.54 bits per heavy atom. The van der Waals surface area contributed by atoms with Crippen LogP contribution in [0.5, 0.6) is 0 Å². The van der Waals surface area contributed by atoms with E-state index in [9.17, 15) is 0 Å². The Hall–Kier alpha value is 0.170. The van der Waals surface area contributed by atoms with Crippen molar-refractivity contribution in [3.63, 3.8) is 0 Å². The van der Waals surface area contributed by atoms with Crippen LogP contribution in [0.1, 0.15) is 13.8 Å². The quantitative estimate of drug-likeness (QED) is 0.780. The van der Waals surface area contributed by atoms with Crippen LogP contribution in [0, 0.1) is 11.8 Å². The molecule has 0 saturated heterocycles. The third kappa shape index (κ3) is 3.43. The van der Waals surface area contributed by atoms with Gasteiger partial charge >= 0.3 is 0 Å². The molecule has 0 N–H and O–H groups in total. The first kappa shape index (κ1) is 11.2. The molecule has 0 aliphatic rings. The predicted molar refractivity (Wildman–Crippen MR) is 62.0 cm³/mol. The molecule has 1 atom stereocenters. The van der Waals surface area contributed by atoms with E-state index in [2.05, 4.69) is 50.8 Å². The summed E-state index contributed by atoms with van der Waals surface area (Å²) in [6.07, 6.45) is 3.84. The van der Waals surface area contributed by atoms with Crippen LogP contribution < -0.4 is 0 Å². The van der Waals surface area contributed by atoms with E-state index in [0.29, 0.717) is 11.8 Å². The van der Waals surface area contributed by atoms with Gasteiger partial charge in [-0.25, -0.2) is 0 Å².